The van der Waals surface area contributed by atoms with Crippen LogP contribution in [0.2, 0.25) is 0 Å². The summed E-state index contributed by atoms with van der Waals surface area (Å²) in [5, 5.41) is 2.48. The SMILES string of the molecule is CCCCCC(=O)Sc1cc(C(=O)N=[N+]=[N-])c(F)cc1F. The van der Waals surface area contributed by atoms with Crippen LogP contribution in [0.5, 0.6) is 0 Å². The van der Waals surface area contributed by atoms with Crippen LogP contribution in [-0.2, 0) is 4.79 Å². The summed E-state index contributed by atoms with van der Waals surface area (Å²) in [6.45, 7) is 1.99. The van der Waals surface area contributed by atoms with Crippen molar-refractivity contribution < 1.29 is 18.4 Å². The Morgan fingerprint density at radius 1 is 1.29 bits per heavy atom. The maximum absolute atomic E-state index is 13.6. The number of carbonyl (C=O) groups is 2. The molecule has 1 aromatic rings. The zero-order valence-corrected chi connectivity index (χ0v) is 12.1. The second-order valence-corrected chi connectivity index (χ2v) is 5.29. The highest BCUT2D eigenvalue weighted by Crippen LogP contribution is 2.27. The standard InChI is InChI=1S/C13H13F2N3O2S/c1-2-3-4-5-12(19)21-11-6-8(13(20)17-18-16)9(14)7-10(11)15/h6-7H,2-5H2,1H3. The van der Waals surface area contributed by atoms with E-state index in [1.165, 1.54) is 0 Å². The largest absolute Gasteiger partial charge is 0.287 e. The van der Waals surface area contributed by atoms with Gasteiger partial charge in [-0.25, -0.2) is 8.78 Å². The first-order chi connectivity index (χ1) is 9.99. The van der Waals surface area contributed by atoms with E-state index in [-0.39, 0.29) is 16.4 Å². The van der Waals surface area contributed by atoms with E-state index in [4.69, 9.17) is 5.53 Å². The summed E-state index contributed by atoms with van der Waals surface area (Å²) >= 11 is 0.611. The fraction of sp³-hybridized carbons (Fsp3) is 0.385. The molecular weight excluding hydrogens is 300 g/mol. The topological polar surface area (TPSA) is 82.9 Å². The summed E-state index contributed by atoms with van der Waals surface area (Å²) in [6.07, 6.45) is 2.80. The van der Waals surface area contributed by atoms with E-state index in [9.17, 15) is 18.4 Å². The highest BCUT2D eigenvalue weighted by Gasteiger charge is 2.17. The molecule has 0 atom stereocenters. The minimum atomic E-state index is -1.16. The lowest BCUT2D eigenvalue weighted by atomic mass is 10.2. The van der Waals surface area contributed by atoms with Crippen molar-refractivity contribution in [1.29, 1.82) is 0 Å². The van der Waals surface area contributed by atoms with Crippen LogP contribution in [0.25, 0.3) is 10.4 Å². The molecule has 0 radical (unpaired) electrons. The molecule has 0 heterocycles. The minimum absolute atomic E-state index is 0.158. The van der Waals surface area contributed by atoms with Gasteiger partial charge >= 0.3 is 0 Å². The van der Waals surface area contributed by atoms with E-state index in [1.54, 1.807) is 0 Å². The molecule has 0 spiro atoms. The molecule has 0 aliphatic heterocycles. The van der Waals surface area contributed by atoms with Crippen LogP contribution in [0.4, 0.5) is 8.78 Å². The van der Waals surface area contributed by atoms with E-state index in [0.29, 0.717) is 24.2 Å². The molecule has 0 saturated carbocycles. The monoisotopic (exact) mass is 313 g/mol. The van der Waals surface area contributed by atoms with Crippen molar-refractivity contribution in [3.8, 4) is 0 Å². The highest BCUT2D eigenvalue weighted by molar-refractivity contribution is 8.13. The number of hydrogen-bond donors (Lipinski definition) is 0. The molecule has 0 fully saturated rings. The predicted molar refractivity (Wildman–Crippen MR) is 74.8 cm³/mol. The molecule has 5 nitrogen and oxygen atoms in total. The van der Waals surface area contributed by atoms with Crippen molar-refractivity contribution in [3.63, 3.8) is 0 Å². The number of azide groups is 1. The Balaban J connectivity index is 2.92. The molecule has 0 N–H and O–H groups in total. The number of amides is 1. The number of unbranched alkanes of at least 4 members (excludes halogenated alkanes) is 2. The third-order valence-corrected chi connectivity index (χ3v) is 3.56. The number of hydrogen-bond acceptors (Lipinski definition) is 3. The first-order valence-electron chi connectivity index (χ1n) is 6.28. The Morgan fingerprint density at radius 2 is 2.00 bits per heavy atom. The molecule has 0 bridgehead atoms. The van der Waals surface area contributed by atoms with E-state index >= 15 is 0 Å². The molecule has 8 heteroatoms. The first-order valence-corrected chi connectivity index (χ1v) is 7.10. The summed E-state index contributed by atoms with van der Waals surface area (Å²) in [5.74, 6) is -3.22. The molecule has 112 valence electrons. The second kappa shape index (κ2) is 8.39. The van der Waals surface area contributed by atoms with Gasteiger partial charge in [0.15, 0.2) is 5.12 Å². The van der Waals surface area contributed by atoms with Crippen LogP contribution in [0, 0.1) is 11.6 Å². The zero-order valence-electron chi connectivity index (χ0n) is 11.3. The second-order valence-electron chi connectivity index (χ2n) is 4.19. The average molecular weight is 313 g/mol. The summed E-state index contributed by atoms with van der Waals surface area (Å²) in [5.41, 5.74) is 7.60. The van der Waals surface area contributed by atoms with Crippen molar-refractivity contribution in [2.75, 3.05) is 0 Å². The molecular formula is C13H13F2N3O2S. The van der Waals surface area contributed by atoms with Crippen LogP contribution < -0.4 is 0 Å². The van der Waals surface area contributed by atoms with Gasteiger partial charge in [0.05, 0.1) is 10.5 Å². The average Bonchev–Trinajstić information content (AvgIpc) is 2.42. The lowest BCUT2D eigenvalue weighted by molar-refractivity contribution is -0.111. The summed E-state index contributed by atoms with van der Waals surface area (Å²) in [7, 11) is 0. The first kappa shape index (κ1) is 17.1. The molecule has 1 rings (SSSR count). The van der Waals surface area contributed by atoms with E-state index in [2.05, 4.69) is 10.0 Å². The van der Waals surface area contributed by atoms with Crippen LogP contribution in [0.1, 0.15) is 43.0 Å². The Labute approximate surface area is 124 Å². The van der Waals surface area contributed by atoms with Gasteiger partial charge in [-0.15, -0.1) is 0 Å². The van der Waals surface area contributed by atoms with Gasteiger partial charge in [0.1, 0.15) is 11.6 Å². The maximum atomic E-state index is 13.6. The molecule has 1 amide bonds. The Hall–Kier alpha value is -1.92. The van der Waals surface area contributed by atoms with Gasteiger partial charge in [0, 0.05) is 17.4 Å². The number of carbonyl (C=O) groups excluding carboxylic acids is 2. The van der Waals surface area contributed by atoms with Gasteiger partial charge in [0.25, 0.3) is 5.91 Å². The summed E-state index contributed by atoms with van der Waals surface area (Å²) in [6, 6.07) is 1.39. The summed E-state index contributed by atoms with van der Waals surface area (Å²) < 4.78 is 27.1. The summed E-state index contributed by atoms with van der Waals surface area (Å²) in [4.78, 5) is 25.1. The predicted octanol–water partition coefficient (Wildman–Crippen LogP) is 4.61. The fourth-order valence-electron chi connectivity index (χ4n) is 1.56. The van der Waals surface area contributed by atoms with Gasteiger partial charge in [-0.3, -0.25) is 9.59 Å². The number of thioether (sulfide) groups is 1. The number of rotatable bonds is 6. The Kier molecular flexibility index (Phi) is 6.84. The van der Waals surface area contributed by atoms with Crippen LogP contribution >= 0.6 is 11.8 Å². The van der Waals surface area contributed by atoms with Crippen molar-refractivity contribution in [2.45, 2.75) is 37.5 Å². The van der Waals surface area contributed by atoms with Crippen molar-refractivity contribution in [2.24, 2.45) is 5.11 Å². The molecule has 0 aromatic heterocycles. The normalized spacial score (nSPS) is 10.0. The minimum Gasteiger partial charge on any atom is -0.287 e. The number of nitrogens with zero attached hydrogens (tertiary/aromatic N) is 3. The molecule has 21 heavy (non-hydrogen) atoms. The molecule has 0 aliphatic rings. The van der Waals surface area contributed by atoms with Gasteiger partial charge in [-0.1, -0.05) is 19.8 Å². The Bertz CT molecular complexity index is 601. The lowest BCUT2D eigenvalue weighted by Crippen LogP contribution is -2.01. The fourth-order valence-corrected chi connectivity index (χ4v) is 2.38. The number of benzene rings is 1. The van der Waals surface area contributed by atoms with Crippen LogP contribution in [0.15, 0.2) is 22.1 Å². The lowest BCUT2D eigenvalue weighted by Gasteiger charge is -2.05. The van der Waals surface area contributed by atoms with Gasteiger partial charge in [-0.05, 0) is 34.9 Å². The van der Waals surface area contributed by atoms with E-state index in [0.717, 1.165) is 18.9 Å². The maximum Gasteiger partial charge on any atom is 0.252 e. The van der Waals surface area contributed by atoms with Gasteiger partial charge < -0.3 is 0 Å². The molecule has 0 unspecified atom stereocenters. The highest BCUT2D eigenvalue weighted by atomic mass is 32.2. The smallest absolute Gasteiger partial charge is 0.252 e. The quantitative estimate of drug-likeness (QED) is 0.253. The van der Waals surface area contributed by atoms with Crippen molar-refractivity contribution in [3.05, 3.63) is 39.8 Å². The van der Waals surface area contributed by atoms with Gasteiger partial charge in [-0.2, -0.15) is 0 Å². The molecule has 0 aliphatic carbocycles. The third-order valence-electron chi connectivity index (χ3n) is 2.60. The van der Waals surface area contributed by atoms with Gasteiger partial charge in [0.2, 0.25) is 0 Å². The van der Waals surface area contributed by atoms with Crippen molar-refractivity contribution in [1.82, 2.24) is 0 Å². The molecule has 1 aromatic carbocycles. The van der Waals surface area contributed by atoms with E-state index in [1.807, 2.05) is 6.92 Å². The zero-order chi connectivity index (χ0) is 15.8. The Morgan fingerprint density at radius 3 is 2.62 bits per heavy atom. The van der Waals surface area contributed by atoms with E-state index < -0.39 is 23.1 Å². The third kappa shape index (κ3) is 5.17. The van der Waals surface area contributed by atoms with Crippen molar-refractivity contribution >= 4 is 22.8 Å². The van der Waals surface area contributed by atoms with Crippen LogP contribution in [0.3, 0.4) is 0 Å². The number of halogens is 2. The van der Waals surface area contributed by atoms with Crippen LogP contribution in [-0.4, -0.2) is 11.0 Å². The molecule has 0 saturated heterocycles.